The quantitative estimate of drug-likeness (QED) is 0.721. The number of anilines is 1. The van der Waals surface area contributed by atoms with Gasteiger partial charge >= 0.3 is 0 Å². The molecule has 1 aromatic carbocycles. The van der Waals surface area contributed by atoms with Gasteiger partial charge in [-0.3, -0.25) is 0 Å². The van der Waals surface area contributed by atoms with E-state index in [0.29, 0.717) is 0 Å². The Labute approximate surface area is 96.9 Å². The maximum Gasteiger partial charge on any atom is 0.0549 e. The number of nitrogens with zero attached hydrogens (tertiary/aromatic N) is 1. The first-order valence-electron chi connectivity index (χ1n) is 6.20. The Kier molecular flexibility index (Phi) is 2.21. The Morgan fingerprint density at radius 1 is 1.38 bits per heavy atom. The van der Waals surface area contributed by atoms with E-state index in [9.17, 15) is 5.11 Å². The van der Waals surface area contributed by atoms with Crippen molar-refractivity contribution < 1.29 is 5.11 Å². The molecular formula is C14H19NO. The molecule has 1 heterocycles. The largest absolute Gasteiger partial charge is 0.393 e. The van der Waals surface area contributed by atoms with E-state index in [1.165, 1.54) is 17.7 Å². The Bertz CT molecular complexity index is 399. The lowest BCUT2D eigenvalue weighted by molar-refractivity contribution is 0.0899. The molecule has 2 heteroatoms. The van der Waals surface area contributed by atoms with Crippen LogP contribution >= 0.6 is 0 Å². The summed E-state index contributed by atoms with van der Waals surface area (Å²) in [5.41, 5.74) is 3.04. The van der Waals surface area contributed by atoms with E-state index in [-0.39, 0.29) is 11.5 Å². The lowest BCUT2D eigenvalue weighted by Gasteiger charge is -2.36. The molecule has 1 spiro atoms. The fourth-order valence-electron chi connectivity index (χ4n) is 3.60. The summed E-state index contributed by atoms with van der Waals surface area (Å²) in [6.45, 7) is 1.07. The zero-order valence-corrected chi connectivity index (χ0v) is 9.82. The molecule has 2 nitrogen and oxygen atoms in total. The second-order valence-corrected chi connectivity index (χ2v) is 5.40. The van der Waals surface area contributed by atoms with E-state index in [1.54, 1.807) is 0 Å². The number of benzene rings is 1. The minimum absolute atomic E-state index is 0.103. The van der Waals surface area contributed by atoms with E-state index in [4.69, 9.17) is 0 Å². The van der Waals surface area contributed by atoms with Crippen LogP contribution in [0, 0.1) is 0 Å². The number of fused-ring (bicyclic) bond motifs is 2. The first-order chi connectivity index (χ1) is 7.71. The summed E-state index contributed by atoms with van der Waals surface area (Å²) in [6.07, 6.45) is 4.20. The van der Waals surface area contributed by atoms with E-state index >= 15 is 0 Å². The molecule has 1 aliphatic carbocycles. The third-order valence-corrected chi connectivity index (χ3v) is 4.25. The predicted octanol–water partition coefficient (Wildman–Crippen LogP) is 2.31. The van der Waals surface area contributed by atoms with Crippen LogP contribution in [0.3, 0.4) is 0 Å². The fraction of sp³-hybridized carbons (Fsp3) is 0.571. The molecular weight excluding hydrogens is 198 g/mol. The summed E-state index contributed by atoms with van der Waals surface area (Å²) in [6, 6.07) is 8.68. The molecule has 0 bridgehead atoms. The van der Waals surface area contributed by atoms with Gasteiger partial charge in [-0.2, -0.15) is 0 Å². The zero-order valence-electron chi connectivity index (χ0n) is 9.82. The van der Waals surface area contributed by atoms with Crippen LogP contribution in [0.5, 0.6) is 0 Å². The molecule has 3 rings (SSSR count). The van der Waals surface area contributed by atoms with Gasteiger partial charge in [0.15, 0.2) is 0 Å². The highest BCUT2D eigenvalue weighted by atomic mass is 16.3. The Morgan fingerprint density at radius 3 is 3.00 bits per heavy atom. The normalized spacial score (nSPS) is 33.1. The monoisotopic (exact) mass is 217 g/mol. The molecule has 2 atom stereocenters. The summed E-state index contributed by atoms with van der Waals surface area (Å²) in [5.74, 6) is 0. The molecule has 0 radical (unpaired) electrons. The number of hydrogen-bond acceptors (Lipinski definition) is 2. The van der Waals surface area contributed by atoms with Gasteiger partial charge in [-0.25, -0.2) is 0 Å². The molecule has 2 aliphatic rings. The topological polar surface area (TPSA) is 23.5 Å². The summed E-state index contributed by atoms with van der Waals surface area (Å²) >= 11 is 0. The van der Waals surface area contributed by atoms with E-state index in [1.807, 2.05) is 0 Å². The minimum Gasteiger partial charge on any atom is -0.393 e. The Balaban J connectivity index is 2.04. The summed E-state index contributed by atoms with van der Waals surface area (Å²) in [4.78, 5) is 2.34. The molecule has 1 aromatic rings. The lowest BCUT2D eigenvalue weighted by Crippen LogP contribution is -2.38. The van der Waals surface area contributed by atoms with Gasteiger partial charge in [0.1, 0.15) is 0 Å². The van der Waals surface area contributed by atoms with Crippen LogP contribution in [0.25, 0.3) is 0 Å². The van der Waals surface area contributed by atoms with E-state index in [0.717, 1.165) is 25.8 Å². The van der Waals surface area contributed by atoms with E-state index in [2.05, 4.69) is 36.2 Å². The molecule has 1 fully saturated rings. The summed E-state index contributed by atoms with van der Waals surface area (Å²) in [5, 5.41) is 9.93. The number of para-hydroxylation sites is 1. The van der Waals surface area contributed by atoms with Crippen molar-refractivity contribution in [2.75, 3.05) is 18.5 Å². The van der Waals surface area contributed by atoms with Gasteiger partial charge in [0, 0.05) is 24.7 Å². The first kappa shape index (κ1) is 10.2. The van der Waals surface area contributed by atoms with Crippen LogP contribution in [0.4, 0.5) is 5.69 Å². The number of aliphatic hydroxyl groups excluding tert-OH is 1. The third kappa shape index (κ3) is 1.36. The molecule has 1 aliphatic heterocycles. The molecule has 1 saturated carbocycles. The number of rotatable bonds is 0. The molecule has 0 aromatic heterocycles. The van der Waals surface area contributed by atoms with Gasteiger partial charge in [0.2, 0.25) is 0 Å². The van der Waals surface area contributed by atoms with Crippen molar-refractivity contribution in [3.05, 3.63) is 29.8 Å². The predicted molar refractivity (Wildman–Crippen MR) is 65.9 cm³/mol. The van der Waals surface area contributed by atoms with Crippen molar-refractivity contribution in [3.8, 4) is 0 Å². The summed E-state index contributed by atoms with van der Waals surface area (Å²) < 4.78 is 0. The highest BCUT2D eigenvalue weighted by molar-refractivity contribution is 5.62. The van der Waals surface area contributed by atoms with Gasteiger partial charge in [-0.1, -0.05) is 18.2 Å². The fourth-order valence-corrected chi connectivity index (χ4v) is 3.60. The second-order valence-electron chi connectivity index (χ2n) is 5.40. The minimum atomic E-state index is -0.103. The van der Waals surface area contributed by atoms with E-state index < -0.39 is 0 Å². The molecule has 2 unspecified atom stereocenters. The van der Waals surface area contributed by atoms with Crippen LogP contribution in [-0.4, -0.2) is 24.8 Å². The molecule has 0 saturated heterocycles. The van der Waals surface area contributed by atoms with Crippen molar-refractivity contribution in [1.29, 1.82) is 0 Å². The van der Waals surface area contributed by atoms with Crippen molar-refractivity contribution in [2.45, 2.75) is 37.2 Å². The van der Waals surface area contributed by atoms with Crippen molar-refractivity contribution in [1.82, 2.24) is 0 Å². The van der Waals surface area contributed by atoms with Crippen molar-refractivity contribution >= 4 is 5.69 Å². The average molecular weight is 217 g/mol. The van der Waals surface area contributed by atoms with Crippen LogP contribution in [0.15, 0.2) is 24.3 Å². The van der Waals surface area contributed by atoms with Crippen molar-refractivity contribution in [2.24, 2.45) is 0 Å². The van der Waals surface area contributed by atoms with Crippen molar-refractivity contribution in [3.63, 3.8) is 0 Å². The zero-order chi connectivity index (χ0) is 11.2. The van der Waals surface area contributed by atoms with Crippen LogP contribution < -0.4 is 4.90 Å². The van der Waals surface area contributed by atoms with Crippen LogP contribution in [0.1, 0.15) is 31.2 Å². The Morgan fingerprint density at radius 2 is 2.19 bits per heavy atom. The highest BCUT2D eigenvalue weighted by Gasteiger charge is 2.44. The van der Waals surface area contributed by atoms with Gasteiger partial charge < -0.3 is 10.0 Å². The molecule has 86 valence electrons. The number of likely N-dealkylation sites (N-methyl/N-ethyl adjacent to an activating group) is 1. The smallest absolute Gasteiger partial charge is 0.0549 e. The average Bonchev–Trinajstić information content (AvgIpc) is 2.53. The van der Waals surface area contributed by atoms with Crippen LogP contribution in [0.2, 0.25) is 0 Å². The van der Waals surface area contributed by atoms with Gasteiger partial charge in [-0.05, 0) is 37.3 Å². The standard InChI is InChI=1S/C14H19NO/c1-15-10-14(8-4-5-11(16)9-14)12-6-2-3-7-13(12)15/h2-3,6-7,11,16H,4-5,8-10H2,1H3. The van der Waals surface area contributed by atoms with Crippen LogP contribution in [-0.2, 0) is 5.41 Å². The van der Waals surface area contributed by atoms with Gasteiger partial charge in [-0.15, -0.1) is 0 Å². The SMILES string of the molecule is CN1CC2(CCCC(O)C2)c2ccccc21. The maximum absolute atomic E-state index is 9.93. The molecule has 1 N–H and O–H groups in total. The molecule has 0 amide bonds. The number of aliphatic hydroxyl groups is 1. The Hall–Kier alpha value is -1.02. The maximum atomic E-state index is 9.93. The number of hydrogen-bond donors (Lipinski definition) is 1. The van der Waals surface area contributed by atoms with Gasteiger partial charge in [0.05, 0.1) is 6.10 Å². The second kappa shape index (κ2) is 3.49. The summed E-state index contributed by atoms with van der Waals surface area (Å²) in [7, 11) is 2.16. The lowest BCUT2D eigenvalue weighted by atomic mass is 9.70. The third-order valence-electron chi connectivity index (χ3n) is 4.25. The first-order valence-corrected chi connectivity index (χ1v) is 6.20. The highest BCUT2D eigenvalue weighted by Crippen LogP contribution is 2.48. The van der Waals surface area contributed by atoms with Gasteiger partial charge in [0.25, 0.3) is 0 Å². The molecule has 16 heavy (non-hydrogen) atoms.